The Labute approximate surface area is 112 Å². The summed E-state index contributed by atoms with van der Waals surface area (Å²) < 4.78 is 3.14. The number of nitrogens with zero attached hydrogens (tertiary/aromatic N) is 2. The first-order chi connectivity index (χ1) is 8.13. The summed E-state index contributed by atoms with van der Waals surface area (Å²) in [5, 5.41) is 16.9. The van der Waals surface area contributed by atoms with Crippen molar-refractivity contribution in [1.82, 2.24) is 15.1 Å². The average molecular weight is 304 g/mol. The molecular weight excluding hydrogens is 282 g/mol. The molecule has 1 aromatic heterocycles. The summed E-state index contributed by atoms with van der Waals surface area (Å²) in [5.41, 5.74) is 2.30. The Balaban J connectivity index is 2.66. The first-order valence-electron chi connectivity index (χ1n) is 6.19. The molecule has 98 valence electrons. The van der Waals surface area contributed by atoms with Crippen LogP contribution < -0.4 is 5.32 Å². The highest BCUT2D eigenvalue weighted by Gasteiger charge is 2.13. The first kappa shape index (κ1) is 14.7. The Morgan fingerprint density at radius 2 is 2.18 bits per heavy atom. The van der Waals surface area contributed by atoms with Crippen LogP contribution in [0.25, 0.3) is 0 Å². The van der Waals surface area contributed by atoms with Gasteiger partial charge in [0.1, 0.15) is 0 Å². The molecule has 5 heteroatoms. The van der Waals surface area contributed by atoms with Crippen LogP contribution in [0.2, 0.25) is 0 Å². The molecule has 0 saturated carbocycles. The molecule has 0 spiro atoms. The van der Waals surface area contributed by atoms with E-state index in [9.17, 15) is 0 Å². The fourth-order valence-corrected chi connectivity index (χ4v) is 2.39. The van der Waals surface area contributed by atoms with Gasteiger partial charge in [-0.15, -0.1) is 0 Å². The predicted molar refractivity (Wildman–Crippen MR) is 72.9 cm³/mol. The third kappa shape index (κ3) is 3.79. The molecule has 0 radical (unpaired) electrons. The Morgan fingerprint density at radius 3 is 2.71 bits per heavy atom. The number of rotatable bonds is 7. The second-order valence-electron chi connectivity index (χ2n) is 4.30. The molecule has 1 unspecified atom stereocenters. The summed E-state index contributed by atoms with van der Waals surface area (Å²) >= 11 is 3.61. The predicted octanol–water partition coefficient (Wildman–Crippen LogP) is 1.95. The van der Waals surface area contributed by atoms with E-state index in [1.54, 1.807) is 0 Å². The highest BCUT2D eigenvalue weighted by atomic mass is 79.9. The van der Waals surface area contributed by atoms with Gasteiger partial charge in [-0.1, -0.05) is 13.8 Å². The van der Waals surface area contributed by atoms with Crippen LogP contribution >= 0.6 is 15.9 Å². The maximum Gasteiger partial charge on any atom is 0.0767 e. The Morgan fingerprint density at radius 1 is 1.47 bits per heavy atom. The van der Waals surface area contributed by atoms with E-state index in [2.05, 4.69) is 40.2 Å². The molecule has 0 fully saturated rings. The maximum absolute atomic E-state index is 8.96. The van der Waals surface area contributed by atoms with Crippen LogP contribution in [-0.2, 0) is 19.5 Å². The Kier molecular flexibility index (Phi) is 6.16. The molecule has 0 aliphatic carbocycles. The fourth-order valence-electron chi connectivity index (χ4n) is 1.69. The van der Waals surface area contributed by atoms with Crippen LogP contribution in [0.4, 0.5) is 0 Å². The van der Waals surface area contributed by atoms with E-state index in [0.29, 0.717) is 0 Å². The van der Waals surface area contributed by atoms with E-state index < -0.39 is 0 Å². The van der Waals surface area contributed by atoms with Crippen molar-refractivity contribution in [2.75, 3.05) is 13.2 Å². The first-order valence-corrected chi connectivity index (χ1v) is 6.98. The number of nitrogens with one attached hydrogen (secondary N) is 1. The second-order valence-corrected chi connectivity index (χ2v) is 5.09. The van der Waals surface area contributed by atoms with Crippen molar-refractivity contribution in [3.63, 3.8) is 0 Å². The summed E-state index contributed by atoms with van der Waals surface area (Å²) in [6.45, 7) is 8.94. The summed E-state index contributed by atoms with van der Waals surface area (Å²) in [6.07, 6.45) is 0.938. The lowest BCUT2D eigenvalue weighted by Gasteiger charge is -2.10. The van der Waals surface area contributed by atoms with Gasteiger partial charge in [0.05, 0.1) is 15.9 Å². The third-order valence-corrected chi connectivity index (χ3v) is 3.71. The summed E-state index contributed by atoms with van der Waals surface area (Å²) in [6, 6.07) is 0. The molecular formula is C12H22BrN3O. The average Bonchev–Trinajstić information content (AvgIpc) is 2.65. The molecule has 1 atom stereocenters. The lowest BCUT2D eigenvalue weighted by Crippen LogP contribution is -2.24. The smallest absolute Gasteiger partial charge is 0.0767 e. The zero-order chi connectivity index (χ0) is 12.8. The number of aliphatic hydroxyl groups is 1. The molecule has 0 saturated heterocycles. The van der Waals surface area contributed by atoms with Crippen LogP contribution in [0.1, 0.15) is 32.2 Å². The lowest BCUT2D eigenvalue weighted by atomic mass is 10.2. The van der Waals surface area contributed by atoms with Gasteiger partial charge in [-0.3, -0.25) is 4.68 Å². The van der Waals surface area contributed by atoms with Crippen molar-refractivity contribution >= 4 is 15.9 Å². The molecule has 1 heterocycles. The van der Waals surface area contributed by atoms with Crippen molar-refractivity contribution in [2.24, 2.45) is 5.92 Å². The van der Waals surface area contributed by atoms with E-state index in [4.69, 9.17) is 5.11 Å². The van der Waals surface area contributed by atoms with Crippen molar-refractivity contribution in [3.8, 4) is 0 Å². The van der Waals surface area contributed by atoms with E-state index in [1.165, 1.54) is 5.69 Å². The molecule has 2 N–H and O–H groups in total. The van der Waals surface area contributed by atoms with Crippen LogP contribution in [0.3, 0.4) is 0 Å². The Bertz CT molecular complexity index is 352. The van der Waals surface area contributed by atoms with E-state index in [-0.39, 0.29) is 12.5 Å². The SMILES string of the molecule is CCc1nn(CC)c(CNCC(C)CO)c1Br. The van der Waals surface area contributed by atoms with Crippen LogP contribution in [-0.4, -0.2) is 28.0 Å². The van der Waals surface area contributed by atoms with Gasteiger partial charge in [0, 0.05) is 26.2 Å². The van der Waals surface area contributed by atoms with Gasteiger partial charge >= 0.3 is 0 Å². The van der Waals surface area contributed by atoms with Crippen LogP contribution in [0, 0.1) is 5.92 Å². The molecule has 0 aliphatic heterocycles. The van der Waals surface area contributed by atoms with Crippen LogP contribution in [0.5, 0.6) is 0 Å². The summed E-state index contributed by atoms with van der Waals surface area (Å²) in [7, 11) is 0. The number of hydrogen-bond donors (Lipinski definition) is 2. The molecule has 1 rings (SSSR count). The third-order valence-electron chi connectivity index (χ3n) is 2.79. The van der Waals surface area contributed by atoms with Gasteiger partial charge in [0.2, 0.25) is 0 Å². The van der Waals surface area contributed by atoms with Gasteiger partial charge in [-0.05, 0) is 35.2 Å². The topological polar surface area (TPSA) is 50.1 Å². The van der Waals surface area contributed by atoms with Crippen molar-refractivity contribution in [3.05, 3.63) is 15.9 Å². The van der Waals surface area contributed by atoms with E-state index >= 15 is 0 Å². The number of aliphatic hydroxyl groups excluding tert-OH is 1. The molecule has 1 aromatic rings. The summed E-state index contributed by atoms with van der Waals surface area (Å²) in [4.78, 5) is 0. The van der Waals surface area contributed by atoms with Gasteiger partial charge in [-0.2, -0.15) is 5.10 Å². The molecule has 0 amide bonds. The zero-order valence-electron chi connectivity index (χ0n) is 10.8. The van der Waals surface area contributed by atoms with Gasteiger partial charge in [0.25, 0.3) is 0 Å². The quantitative estimate of drug-likeness (QED) is 0.809. The van der Waals surface area contributed by atoms with E-state index in [0.717, 1.165) is 36.2 Å². The Hall–Kier alpha value is -0.390. The minimum absolute atomic E-state index is 0.224. The fraction of sp³-hybridized carbons (Fsp3) is 0.750. The normalized spacial score (nSPS) is 13.0. The largest absolute Gasteiger partial charge is 0.396 e. The monoisotopic (exact) mass is 303 g/mol. The van der Waals surface area contributed by atoms with Crippen molar-refractivity contribution in [2.45, 2.75) is 40.3 Å². The maximum atomic E-state index is 8.96. The number of aryl methyl sites for hydroxylation is 2. The minimum atomic E-state index is 0.224. The minimum Gasteiger partial charge on any atom is -0.396 e. The van der Waals surface area contributed by atoms with Crippen LogP contribution in [0.15, 0.2) is 4.47 Å². The molecule has 4 nitrogen and oxygen atoms in total. The highest BCUT2D eigenvalue weighted by molar-refractivity contribution is 9.10. The van der Waals surface area contributed by atoms with E-state index in [1.807, 2.05) is 11.6 Å². The molecule has 0 aromatic carbocycles. The standard InChI is InChI=1S/C12H22BrN3O/c1-4-10-12(13)11(16(5-2)15-10)7-14-6-9(3)8-17/h9,14,17H,4-8H2,1-3H3. The van der Waals surface area contributed by atoms with Crippen molar-refractivity contribution < 1.29 is 5.11 Å². The zero-order valence-corrected chi connectivity index (χ0v) is 12.4. The number of aromatic nitrogens is 2. The number of halogens is 1. The second kappa shape index (κ2) is 7.13. The molecule has 0 aliphatic rings. The number of hydrogen-bond acceptors (Lipinski definition) is 3. The lowest BCUT2D eigenvalue weighted by molar-refractivity contribution is 0.233. The van der Waals surface area contributed by atoms with Gasteiger partial charge in [0.15, 0.2) is 0 Å². The highest BCUT2D eigenvalue weighted by Crippen LogP contribution is 2.22. The molecule has 17 heavy (non-hydrogen) atoms. The van der Waals surface area contributed by atoms with Gasteiger partial charge in [-0.25, -0.2) is 0 Å². The molecule has 0 bridgehead atoms. The van der Waals surface area contributed by atoms with Crippen molar-refractivity contribution in [1.29, 1.82) is 0 Å². The summed E-state index contributed by atoms with van der Waals surface area (Å²) in [5.74, 6) is 0.289. The van der Waals surface area contributed by atoms with Gasteiger partial charge < -0.3 is 10.4 Å².